The molecular weight excluding hydrogens is 244 g/mol. The molecule has 16 heavy (non-hydrogen) atoms. The van der Waals surface area contributed by atoms with E-state index in [0.29, 0.717) is 0 Å². The molecule has 0 bridgehead atoms. The Morgan fingerprint density at radius 2 is 1.88 bits per heavy atom. The van der Waals surface area contributed by atoms with Gasteiger partial charge in [-0.25, -0.2) is 0 Å². The summed E-state index contributed by atoms with van der Waals surface area (Å²) >= 11 is -2.49. The molecule has 0 aliphatic heterocycles. The third-order valence-corrected chi connectivity index (χ3v) is 15.6. The molecule has 0 fully saturated rings. The predicted octanol–water partition coefficient (Wildman–Crippen LogP) is 3.79. The van der Waals surface area contributed by atoms with E-state index in [4.69, 9.17) is 0 Å². The van der Waals surface area contributed by atoms with Crippen molar-refractivity contribution in [2.24, 2.45) is 0 Å². The molecule has 0 aromatic heterocycles. The second-order valence-corrected chi connectivity index (χ2v) is 25.5. The molecule has 0 spiro atoms. The minimum atomic E-state index is -2.49. The van der Waals surface area contributed by atoms with Gasteiger partial charge in [0.25, 0.3) is 0 Å². The van der Waals surface area contributed by atoms with Crippen molar-refractivity contribution in [3.63, 3.8) is 0 Å². The molecule has 0 saturated carbocycles. The van der Waals surface area contributed by atoms with Crippen molar-refractivity contribution in [1.82, 2.24) is 0 Å². The van der Waals surface area contributed by atoms with Crippen LogP contribution in [0.1, 0.15) is 26.7 Å². The Balaban J connectivity index is 2.41. The van der Waals surface area contributed by atoms with E-state index in [2.05, 4.69) is 56.2 Å². The van der Waals surface area contributed by atoms with Gasteiger partial charge in [0.2, 0.25) is 0 Å². The second kappa shape index (κ2) is 3.69. The quantitative estimate of drug-likeness (QED) is 0.667. The topological polar surface area (TPSA) is 0 Å². The van der Waals surface area contributed by atoms with Crippen LogP contribution in [0.5, 0.6) is 0 Å². The normalized spacial score (nSPS) is 21.6. The van der Waals surface area contributed by atoms with Gasteiger partial charge in [-0.1, -0.05) is 0 Å². The van der Waals surface area contributed by atoms with E-state index in [1.807, 2.05) is 0 Å². The zero-order valence-corrected chi connectivity index (χ0v) is 13.9. The van der Waals surface area contributed by atoms with E-state index >= 15 is 0 Å². The Bertz CT molecular complexity index is 521. The summed E-state index contributed by atoms with van der Waals surface area (Å²) < 4.78 is 3.50. The van der Waals surface area contributed by atoms with Crippen LogP contribution in [0.2, 0.25) is 10.5 Å². The molecule has 0 unspecified atom stereocenters. The van der Waals surface area contributed by atoms with E-state index < -0.39 is 14.0 Å². The van der Waals surface area contributed by atoms with Crippen LogP contribution in [-0.4, -0.2) is 7.63 Å². The summed E-state index contributed by atoms with van der Waals surface area (Å²) in [6, 6.07) is 0. The molecule has 0 atom stereocenters. The zero-order chi connectivity index (χ0) is 12.0. The Morgan fingerprint density at radius 3 is 2.31 bits per heavy atom. The Hall–Kier alpha value is -0.109. The van der Waals surface area contributed by atoms with Crippen molar-refractivity contribution < 1.29 is 14.0 Å². The minimum absolute atomic E-state index is 1.20. The van der Waals surface area contributed by atoms with Crippen molar-refractivity contribution in [2.75, 3.05) is 0 Å². The maximum atomic E-state index is 2.58. The van der Waals surface area contributed by atoms with Crippen LogP contribution in [0.25, 0.3) is 0 Å². The van der Waals surface area contributed by atoms with Crippen molar-refractivity contribution >= 4 is 7.63 Å². The number of rotatable bonds is 2. The standard InChI is InChI=1S/C7H9.C5H5.2CH3.H2Si.Ti/c1-6-4-3-5-7(6)2;1-2-4-5-3-1;;;;/h4H,5H2,1-2H3;1-3H,4H2;2*1H3;1H2;. The first-order chi connectivity index (χ1) is 7.30. The zero-order valence-electron chi connectivity index (χ0n) is 10.9. The molecule has 0 nitrogen and oxygen atoms in total. The summed E-state index contributed by atoms with van der Waals surface area (Å²) in [5.74, 6) is 0. The van der Waals surface area contributed by atoms with Gasteiger partial charge in [-0.15, -0.1) is 0 Å². The van der Waals surface area contributed by atoms with Gasteiger partial charge in [0.15, 0.2) is 0 Å². The van der Waals surface area contributed by atoms with Crippen molar-refractivity contribution in [3.8, 4) is 0 Å². The first-order valence-electron chi connectivity index (χ1n) is 6.11. The number of hydrogen-bond acceptors (Lipinski definition) is 0. The molecule has 2 heteroatoms. The first kappa shape index (κ1) is 12.4. The molecule has 0 N–H and O–H groups in total. The molecule has 0 radical (unpaired) electrons. The number of hydrogen-bond donors (Lipinski definition) is 0. The van der Waals surface area contributed by atoms with E-state index in [1.54, 1.807) is 13.3 Å². The van der Waals surface area contributed by atoms with Crippen LogP contribution < -0.4 is 0 Å². The Morgan fingerprint density at radius 1 is 1.19 bits per heavy atom. The van der Waals surface area contributed by atoms with Gasteiger partial charge in [0.1, 0.15) is 0 Å². The fraction of sp³-hybridized carbons (Fsp3) is 0.429. The number of allylic oxidation sites excluding steroid dienone is 8. The van der Waals surface area contributed by atoms with E-state index in [0.717, 1.165) is 0 Å². The van der Waals surface area contributed by atoms with Gasteiger partial charge >= 0.3 is 102 Å². The molecule has 2 aliphatic rings. The summed E-state index contributed by atoms with van der Waals surface area (Å²) in [7, 11) is 2.32. The van der Waals surface area contributed by atoms with Gasteiger partial charge < -0.3 is 0 Å². The molecule has 2 rings (SSSR count). The van der Waals surface area contributed by atoms with E-state index in [1.165, 1.54) is 18.4 Å². The van der Waals surface area contributed by atoms with Crippen LogP contribution in [-0.2, 0) is 14.0 Å². The summed E-state index contributed by atoms with van der Waals surface area (Å²) in [6.07, 6.45) is 11.8. The summed E-state index contributed by atoms with van der Waals surface area (Å²) in [4.78, 5) is 0. The molecule has 0 saturated heterocycles. The molecule has 0 heterocycles. The SMILES string of the molecule is CC1=C(C)C[C]([Ti]([CH3])([CH3])(=[SiH2])[C]2=CC=CC2)=C1. The summed E-state index contributed by atoms with van der Waals surface area (Å²) in [5.41, 5.74) is 3.08. The van der Waals surface area contributed by atoms with Crippen LogP contribution in [0.3, 0.4) is 0 Å². The summed E-state index contributed by atoms with van der Waals surface area (Å²) in [6.45, 7) is 4.54. The first-order valence-corrected chi connectivity index (χ1v) is 14.8. The van der Waals surface area contributed by atoms with Crippen molar-refractivity contribution in [1.29, 1.82) is 0 Å². The predicted molar refractivity (Wildman–Crippen MR) is 73.2 cm³/mol. The molecule has 2 aliphatic carbocycles. The third kappa shape index (κ3) is 1.90. The average molecular weight is 266 g/mol. The molecule has 0 amide bonds. The monoisotopic (exact) mass is 266 g/mol. The van der Waals surface area contributed by atoms with Crippen LogP contribution in [0, 0.1) is 0 Å². The van der Waals surface area contributed by atoms with Gasteiger partial charge in [-0.05, 0) is 0 Å². The van der Waals surface area contributed by atoms with Gasteiger partial charge in [0, 0.05) is 0 Å². The van der Waals surface area contributed by atoms with Gasteiger partial charge in [-0.3, -0.25) is 0 Å². The fourth-order valence-electron chi connectivity index (χ4n) is 2.62. The van der Waals surface area contributed by atoms with Crippen molar-refractivity contribution in [3.05, 3.63) is 43.2 Å². The van der Waals surface area contributed by atoms with Gasteiger partial charge in [-0.2, -0.15) is 0 Å². The van der Waals surface area contributed by atoms with E-state index in [-0.39, 0.29) is 0 Å². The Kier molecular flexibility index (Phi) is 2.85. The van der Waals surface area contributed by atoms with Crippen molar-refractivity contribution in [2.45, 2.75) is 37.1 Å². The summed E-state index contributed by atoms with van der Waals surface area (Å²) in [5, 5.41) is 5.15. The van der Waals surface area contributed by atoms with E-state index in [9.17, 15) is 0 Å². The fourth-order valence-corrected chi connectivity index (χ4v) is 9.84. The maximum absolute atomic E-state index is 2.58. The van der Waals surface area contributed by atoms with Crippen LogP contribution in [0.15, 0.2) is 43.2 Å². The van der Waals surface area contributed by atoms with Crippen LogP contribution in [0.4, 0.5) is 0 Å². The molecule has 0 aromatic carbocycles. The Labute approximate surface area is 102 Å². The molecule has 0 aromatic rings. The second-order valence-electron chi connectivity index (χ2n) is 6.32. The van der Waals surface area contributed by atoms with Gasteiger partial charge in [0.05, 0.1) is 0 Å². The average Bonchev–Trinajstić information content (AvgIpc) is 2.76. The third-order valence-electron chi connectivity index (χ3n) is 4.35. The molecular formula is C14H22SiTi. The van der Waals surface area contributed by atoms with Crippen LogP contribution >= 0.6 is 0 Å². The molecule has 86 valence electrons.